The third-order valence-electron chi connectivity index (χ3n) is 4.45. The number of carbonyl (C=O) groups is 1. The zero-order valence-corrected chi connectivity index (χ0v) is 13.0. The first-order valence-corrected chi connectivity index (χ1v) is 7.97. The molecule has 0 radical (unpaired) electrons. The highest BCUT2D eigenvalue weighted by Gasteiger charge is 2.26. The molecule has 2 aliphatic rings. The van der Waals surface area contributed by atoms with Crippen molar-refractivity contribution in [3.63, 3.8) is 0 Å². The maximum absolute atomic E-state index is 12.4. The molecule has 1 fully saturated rings. The van der Waals surface area contributed by atoms with Crippen LogP contribution in [-0.4, -0.2) is 52.9 Å². The highest BCUT2D eigenvalue weighted by Crippen LogP contribution is 2.26. The lowest BCUT2D eigenvalue weighted by atomic mass is 10.2. The minimum absolute atomic E-state index is 0.181. The minimum atomic E-state index is -0.181. The van der Waals surface area contributed by atoms with Gasteiger partial charge in [0.25, 0.3) is 5.91 Å². The normalized spacial score (nSPS) is 24.5. The van der Waals surface area contributed by atoms with Crippen LogP contribution >= 0.6 is 0 Å². The van der Waals surface area contributed by atoms with Gasteiger partial charge in [0.15, 0.2) is 5.65 Å². The zero-order chi connectivity index (χ0) is 15.8. The molecule has 0 aromatic carbocycles. The van der Waals surface area contributed by atoms with Crippen molar-refractivity contribution in [3.05, 3.63) is 17.8 Å². The Balaban J connectivity index is 1.79. The standard InChI is InChI=1S/C15H20N6O2/c1-16-13-7-12-19-9-2-3-10(6-9)23-5-4-17-15(22)11-8-18-21(13)14(11)20-12/h7-10,16H,2-6H2,1H3,(H,17,22)(H,19,20). The van der Waals surface area contributed by atoms with Gasteiger partial charge in [-0.3, -0.25) is 4.79 Å². The lowest BCUT2D eigenvalue weighted by Crippen LogP contribution is -2.28. The van der Waals surface area contributed by atoms with Gasteiger partial charge < -0.3 is 20.7 Å². The molecular formula is C15H20N6O2. The van der Waals surface area contributed by atoms with Gasteiger partial charge in [-0.2, -0.15) is 9.61 Å². The van der Waals surface area contributed by atoms with Crippen molar-refractivity contribution in [1.82, 2.24) is 19.9 Å². The molecule has 4 bridgehead atoms. The first-order chi connectivity index (χ1) is 11.2. The monoisotopic (exact) mass is 316 g/mol. The maximum atomic E-state index is 12.4. The van der Waals surface area contributed by atoms with Crippen LogP contribution in [0.5, 0.6) is 0 Å². The van der Waals surface area contributed by atoms with E-state index in [1.54, 1.807) is 10.7 Å². The van der Waals surface area contributed by atoms with Gasteiger partial charge in [0, 0.05) is 25.7 Å². The van der Waals surface area contributed by atoms with Crippen LogP contribution in [0.2, 0.25) is 0 Å². The summed E-state index contributed by atoms with van der Waals surface area (Å²) in [6, 6.07) is 2.26. The van der Waals surface area contributed by atoms with E-state index in [4.69, 9.17) is 4.74 Å². The van der Waals surface area contributed by atoms with E-state index in [1.165, 1.54) is 0 Å². The van der Waals surface area contributed by atoms with Crippen LogP contribution in [0.25, 0.3) is 5.65 Å². The molecule has 1 aliphatic heterocycles. The van der Waals surface area contributed by atoms with Gasteiger partial charge in [0.2, 0.25) is 0 Å². The summed E-state index contributed by atoms with van der Waals surface area (Å²) in [6.45, 7) is 1.02. The first kappa shape index (κ1) is 14.3. The number of aromatic nitrogens is 3. The number of hydrogen-bond donors (Lipinski definition) is 3. The molecule has 0 saturated heterocycles. The molecule has 2 atom stereocenters. The first-order valence-electron chi connectivity index (χ1n) is 7.97. The molecule has 8 nitrogen and oxygen atoms in total. The molecule has 2 unspecified atom stereocenters. The number of hydrogen-bond acceptors (Lipinski definition) is 6. The zero-order valence-electron chi connectivity index (χ0n) is 13.0. The fraction of sp³-hybridized carbons (Fsp3) is 0.533. The Morgan fingerprint density at radius 3 is 3.22 bits per heavy atom. The smallest absolute Gasteiger partial charge is 0.256 e. The van der Waals surface area contributed by atoms with E-state index in [1.807, 2.05) is 13.1 Å². The molecule has 3 heterocycles. The van der Waals surface area contributed by atoms with Crippen LogP contribution in [0, 0.1) is 0 Å². The van der Waals surface area contributed by atoms with Gasteiger partial charge in [-0.1, -0.05) is 0 Å². The Morgan fingerprint density at radius 1 is 1.43 bits per heavy atom. The third kappa shape index (κ3) is 2.59. The topological polar surface area (TPSA) is 92.6 Å². The number of nitrogens with zero attached hydrogens (tertiary/aromatic N) is 3. The Bertz CT molecular complexity index is 743. The fourth-order valence-electron chi connectivity index (χ4n) is 3.29. The summed E-state index contributed by atoms with van der Waals surface area (Å²) in [6.07, 6.45) is 4.85. The second-order valence-corrected chi connectivity index (χ2v) is 5.97. The number of carbonyl (C=O) groups excluding carboxylic acids is 1. The van der Waals surface area contributed by atoms with Crippen molar-refractivity contribution >= 4 is 23.2 Å². The van der Waals surface area contributed by atoms with Crippen molar-refractivity contribution in [1.29, 1.82) is 0 Å². The third-order valence-corrected chi connectivity index (χ3v) is 4.45. The van der Waals surface area contributed by atoms with E-state index in [0.29, 0.717) is 30.4 Å². The van der Waals surface area contributed by atoms with Gasteiger partial charge in [-0.15, -0.1) is 0 Å². The molecule has 2 aromatic rings. The van der Waals surface area contributed by atoms with Crippen LogP contribution < -0.4 is 16.0 Å². The Hall–Kier alpha value is -2.35. The number of nitrogens with one attached hydrogen (secondary N) is 3. The molecule has 1 aliphatic carbocycles. The lowest BCUT2D eigenvalue weighted by molar-refractivity contribution is 0.0577. The summed E-state index contributed by atoms with van der Waals surface area (Å²) in [7, 11) is 1.83. The maximum Gasteiger partial charge on any atom is 0.256 e. The van der Waals surface area contributed by atoms with E-state index in [2.05, 4.69) is 26.0 Å². The highest BCUT2D eigenvalue weighted by atomic mass is 16.5. The number of ether oxygens (including phenoxy) is 1. The van der Waals surface area contributed by atoms with Gasteiger partial charge >= 0.3 is 0 Å². The SMILES string of the molecule is CNc1cc2nc3c(cnn13)C(=O)NCCOC1CCC(C1)N2. The Morgan fingerprint density at radius 2 is 2.35 bits per heavy atom. The summed E-state index contributed by atoms with van der Waals surface area (Å²) >= 11 is 0. The average molecular weight is 316 g/mol. The van der Waals surface area contributed by atoms with Crippen molar-refractivity contribution in [2.75, 3.05) is 30.8 Å². The predicted molar refractivity (Wildman–Crippen MR) is 85.9 cm³/mol. The summed E-state index contributed by atoms with van der Waals surface area (Å²) < 4.78 is 7.49. The van der Waals surface area contributed by atoms with E-state index in [-0.39, 0.29) is 12.0 Å². The molecule has 1 amide bonds. The van der Waals surface area contributed by atoms with Crippen LogP contribution in [0.1, 0.15) is 29.6 Å². The number of amides is 1. The number of rotatable bonds is 1. The van der Waals surface area contributed by atoms with Gasteiger partial charge in [0.1, 0.15) is 17.2 Å². The number of fused-ring (bicyclic) bond motifs is 3. The summed E-state index contributed by atoms with van der Waals surface area (Å²) in [5.41, 5.74) is 1.01. The van der Waals surface area contributed by atoms with Crippen molar-refractivity contribution in [2.45, 2.75) is 31.4 Å². The molecule has 23 heavy (non-hydrogen) atoms. The Labute approximate surface area is 133 Å². The Kier molecular flexibility index (Phi) is 3.53. The van der Waals surface area contributed by atoms with E-state index in [0.717, 1.165) is 30.9 Å². The van der Waals surface area contributed by atoms with Crippen molar-refractivity contribution in [2.24, 2.45) is 0 Å². The second kappa shape index (κ2) is 5.69. The fourth-order valence-corrected chi connectivity index (χ4v) is 3.29. The lowest BCUT2D eigenvalue weighted by Gasteiger charge is -2.15. The molecular weight excluding hydrogens is 296 g/mol. The molecule has 122 valence electrons. The van der Waals surface area contributed by atoms with E-state index in [9.17, 15) is 4.79 Å². The molecule has 8 heteroatoms. The average Bonchev–Trinajstić information content (AvgIpc) is 3.17. The summed E-state index contributed by atoms with van der Waals surface area (Å²) in [5, 5.41) is 13.7. The number of anilines is 2. The molecule has 3 N–H and O–H groups in total. The van der Waals surface area contributed by atoms with E-state index < -0.39 is 0 Å². The van der Waals surface area contributed by atoms with Gasteiger partial charge in [-0.25, -0.2) is 4.98 Å². The minimum Gasteiger partial charge on any atom is -0.376 e. The second-order valence-electron chi connectivity index (χ2n) is 5.97. The molecule has 4 rings (SSSR count). The molecule has 0 spiro atoms. The predicted octanol–water partition coefficient (Wildman–Crippen LogP) is 0.864. The molecule has 2 aromatic heterocycles. The van der Waals surface area contributed by atoms with Crippen LogP contribution in [0.3, 0.4) is 0 Å². The quantitative estimate of drug-likeness (QED) is 0.723. The van der Waals surface area contributed by atoms with Crippen LogP contribution in [-0.2, 0) is 4.74 Å². The summed E-state index contributed by atoms with van der Waals surface area (Å²) in [4.78, 5) is 17.0. The van der Waals surface area contributed by atoms with Crippen LogP contribution in [0.4, 0.5) is 11.6 Å². The molecule has 1 saturated carbocycles. The van der Waals surface area contributed by atoms with Crippen LogP contribution in [0.15, 0.2) is 12.3 Å². The van der Waals surface area contributed by atoms with Gasteiger partial charge in [0.05, 0.1) is 18.9 Å². The highest BCUT2D eigenvalue weighted by molar-refractivity contribution is 6.00. The van der Waals surface area contributed by atoms with Gasteiger partial charge in [-0.05, 0) is 19.3 Å². The van der Waals surface area contributed by atoms with E-state index >= 15 is 0 Å². The largest absolute Gasteiger partial charge is 0.376 e. The summed E-state index contributed by atoms with van der Waals surface area (Å²) in [5.74, 6) is 1.36. The van der Waals surface area contributed by atoms with Crippen molar-refractivity contribution < 1.29 is 9.53 Å². The van der Waals surface area contributed by atoms with Crippen molar-refractivity contribution in [3.8, 4) is 0 Å².